The van der Waals surface area contributed by atoms with Crippen LogP contribution in [0.2, 0.25) is 18.1 Å². The molecule has 0 saturated carbocycles. The monoisotopic (exact) mass is 553 g/mol. The molecule has 1 atom stereocenters. The normalized spacial score (nSPS) is 16.4. The van der Waals surface area contributed by atoms with Gasteiger partial charge in [0.1, 0.15) is 18.4 Å². The molecule has 37 heavy (non-hydrogen) atoms. The molecule has 1 amide bonds. The fourth-order valence-corrected chi connectivity index (χ4v) is 5.06. The van der Waals surface area contributed by atoms with Crippen molar-refractivity contribution in [2.45, 2.75) is 44.9 Å². The van der Waals surface area contributed by atoms with Crippen LogP contribution >= 0.6 is 0 Å². The number of carboxylic acids is 1. The summed E-state index contributed by atoms with van der Waals surface area (Å²) in [6, 6.07) is 5.55. The summed E-state index contributed by atoms with van der Waals surface area (Å²) in [6.07, 6.45) is 1.13. The Balaban J connectivity index is 1.81. The Kier molecular flexibility index (Phi) is 10.7. The third-order valence-electron chi connectivity index (χ3n) is 6.79. The summed E-state index contributed by atoms with van der Waals surface area (Å²) in [5.41, 5.74) is 0.368. The molecule has 0 unspecified atom stereocenters. The fraction of sp³-hybridized carbons (Fsp3) is 0.600. The van der Waals surface area contributed by atoms with E-state index in [4.69, 9.17) is 9.16 Å². The number of piperazine rings is 1. The van der Waals surface area contributed by atoms with Gasteiger partial charge in [-0.25, -0.2) is 8.42 Å². The van der Waals surface area contributed by atoms with E-state index in [0.29, 0.717) is 17.9 Å². The van der Waals surface area contributed by atoms with Gasteiger partial charge in [0.25, 0.3) is 5.91 Å². The molecule has 1 heterocycles. The van der Waals surface area contributed by atoms with Crippen molar-refractivity contribution in [2.75, 3.05) is 52.2 Å². The van der Waals surface area contributed by atoms with Gasteiger partial charge in [-0.2, -0.15) is 4.31 Å². The van der Waals surface area contributed by atoms with Crippen LogP contribution in [-0.2, 0) is 19.2 Å². The van der Waals surface area contributed by atoms with E-state index >= 15 is 0 Å². The zero-order valence-electron chi connectivity index (χ0n) is 22.5. The van der Waals surface area contributed by atoms with E-state index in [0.717, 1.165) is 6.26 Å². The van der Waals surface area contributed by atoms with Gasteiger partial charge >= 0.3 is 5.97 Å². The minimum atomic E-state index is -3.31. The number of benzene rings is 1. The number of carbonyl (C=O) groups excluding carboxylic acids is 1. The molecule has 10 nitrogen and oxygen atoms in total. The first-order valence-corrected chi connectivity index (χ1v) is 16.9. The van der Waals surface area contributed by atoms with Gasteiger partial charge in [-0.3, -0.25) is 14.5 Å². The maximum Gasteiger partial charge on any atom is 0.322 e. The van der Waals surface area contributed by atoms with E-state index in [1.54, 1.807) is 29.2 Å². The lowest BCUT2D eigenvalue weighted by Gasteiger charge is -2.36. The number of hydrogen-bond donors (Lipinski definition) is 2. The van der Waals surface area contributed by atoms with E-state index in [9.17, 15) is 23.1 Å². The average Bonchev–Trinajstić information content (AvgIpc) is 2.80. The standard InChI is InChI=1S/C25H39N3O7SSi/c1-25(2,3)37(5,6)35-18-8-7-17-34-21-11-9-20(10-12-21)23(29)26-19-22(24(30)31)27-13-15-28(16-14-27)36(4,32)33/h9-12,22H,13-19H2,1-6H3,(H,26,29)(H,30,31)/t22-/m0/s1. The largest absolute Gasteiger partial charge is 0.481 e. The first-order valence-electron chi connectivity index (χ1n) is 12.1. The highest BCUT2D eigenvalue weighted by Gasteiger charge is 2.36. The van der Waals surface area contributed by atoms with Gasteiger partial charge in [-0.1, -0.05) is 32.6 Å². The first-order chi connectivity index (χ1) is 17.1. The van der Waals surface area contributed by atoms with E-state index < -0.39 is 36.3 Å². The molecule has 0 spiro atoms. The van der Waals surface area contributed by atoms with Gasteiger partial charge in [0, 0.05) is 38.3 Å². The lowest BCUT2D eigenvalue weighted by atomic mass is 10.1. The van der Waals surface area contributed by atoms with E-state index in [-0.39, 0.29) is 44.4 Å². The summed E-state index contributed by atoms with van der Waals surface area (Å²) in [5.74, 6) is 4.98. The predicted molar refractivity (Wildman–Crippen MR) is 145 cm³/mol. The number of nitrogens with one attached hydrogen (secondary N) is 1. The number of nitrogens with zero attached hydrogens (tertiary/aromatic N) is 2. The van der Waals surface area contributed by atoms with Crippen molar-refractivity contribution in [3.63, 3.8) is 0 Å². The van der Waals surface area contributed by atoms with Crippen molar-refractivity contribution >= 4 is 30.2 Å². The minimum absolute atomic E-state index is 0.0994. The quantitative estimate of drug-likeness (QED) is 0.332. The van der Waals surface area contributed by atoms with E-state index in [2.05, 4.69) is 51.0 Å². The second kappa shape index (κ2) is 12.9. The molecule has 1 aliphatic heterocycles. The Morgan fingerprint density at radius 3 is 2.16 bits per heavy atom. The zero-order valence-corrected chi connectivity index (χ0v) is 24.4. The number of carbonyl (C=O) groups is 2. The van der Waals surface area contributed by atoms with Crippen molar-refractivity contribution in [1.82, 2.24) is 14.5 Å². The summed E-state index contributed by atoms with van der Waals surface area (Å²) in [4.78, 5) is 26.0. The third kappa shape index (κ3) is 9.43. The Morgan fingerprint density at radius 1 is 1.08 bits per heavy atom. The summed E-state index contributed by atoms with van der Waals surface area (Å²) in [5, 5.41) is 12.4. The second-order valence-electron chi connectivity index (χ2n) is 10.5. The van der Waals surface area contributed by atoms with Crippen LogP contribution in [0.15, 0.2) is 24.3 Å². The molecule has 206 valence electrons. The smallest absolute Gasteiger partial charge is 0.322 e. The molecule has 2 N–H and O–H groups in total. The number of carboxylic acid groups (broad SMARTS) is 1. The van der Waals surface area contributed by atoms with E-state index in [1.165, 1.54) is 4.31 Å². The molecule has 1 aromatic carbocycles. The molecule has 0 radical (unpaired) electrons. The van der Waals surface area contributed by atoms with Crippen molar-refractivity contribution in [1.29, 1.82) is 0 Å². The Labute approximate surface area is 221 Å². The topological polar surface area (TPSA) is 125 Å². The number of aliphatic carboxylic acids is 1. The van der Waals surface area contributed by atoms with Gasteiger partial charge in [-0.05, 0) is 42.4 Å². The van der Waals surface area contributed by atoms with Crippen LogP contribution in [0.1, 0.15) is 31.1 Å². The summed E-state index contributed by atoms with van der Waals surface area (Å²) < 4.78 is 36.3. The second-order valence-corrected chi connectivity index (χ2v) is 17.3. The molecule has 1 fully saturated rings. The summed E-state index contributed by atoms with van der Waals surface area (Å²) in [7, 11) is -5.14. The Hall–Kier alpha value is -2.43. The van der Waals surface area contributed by atoms with Crippen LogP contribution in [0.3, 0.4) is 0 Å². The van der Waals surface area contributed by atoms with Gasteiger partial charge in [-0.15, -0.1) is 0 Å². The maximum absolute atomic E-state index is 12.5. The molecule has 1 aliphatic rings. The van der Waals surface area contributed by atoms with Crippen molar-refractivity contribution in [3.8, 4) is 17.6 Å². The fourth-order valence-electron chi connectivity index (χ4n) is 3.37. The highest BCUT2D eigenvalue weighted by molar-refractivity contribution is 7.88. The number of amides is 1. The molecule has 1 saturated heterocycles. The number of sulfonamides is 1. The molecule has 0 aliphatic carbocycles. The van der Waals surface area contributed by atoms with Crippen LogP contribution in [-0.4, -0.2) is 101 Å². The van der Waals surface area contributed by atoms with Crippen molar-refractivity contribution in [3.05, 3.63) is 29.8 Å². The maximum atomic E-state index is 12.5. The van der Waals surface area contributed by atoms with Crippen LogP contribution in [0.5, 0.6) is 5.75 Å². The van der Waals surface area contributed by atoms with Gasteiger partial charge < -0.3 is 19.6 Å². The lowest BCUT2D eigenvalue weighted by molar-refractivity contribution is -0.143. The predicted octanol–water partition coefficient (Wildman–Crippen LogP) is 1.85. The lowest BCUT2D eigenvalue weighted by Crippen LogP contribution is -2.56. The molecular formula is C25H39N3O7SSi. The third-order valence-corrected chi connectivity index (χ3v) is 12.6. The molecular weight excluding hydrogens is 514 g/mol. The first kappa shape index (κ1) is 30.8. The Morgan fingerprint density at radius 2 is 1.65 bits per heavy atom. The number of ether oxygens (including phenoxy) is 1. The minimum Gasteiger partial charge on any atom is -0.481 e. The van der Waals surface area contributed by atoms with Crippen molar-refractivity contribution < 1.29 is 32.3 Å². The number of rotatable bonds is 10. The highest BCUT2D eigenvalue weighted by atomic mass is 32.2. The Bertz CT molecular complexity index is 1100. The summed E-state index contributed by atoms with van der Waals surface area (Å²) in [6.45, 7) is 12.3. The number of hydrogen-bond acceptors (Lipinski definition) is 7. The van der Waals surface area contributed by atoms with Gasteiger partial charge in [0.15, 0.2) is 8.32 Å². The van der Waals surface area contributed by atoms with Gasteiger partial charge in [0.2, 0.25) is 10.0 Å². The molecule has 0 aromatic heterocycles. The van der Waals surface area contributed by atoms with Crippen LogP contribution in [0.25, 0.3) is 0 Å². The molecule has 1 aromatic rings. The highest BCUT2D eigenvalue weighted by Crippen LogP contribution is 2.36. The van der Waals surface area contributed by atoms with Crippen LogP contribution in [0.4, 0.5) is 0 Å². The van der Waals surface area contributed by atoms with Crippen LogP contribution in [0, 0.1) is 11.8 Å². The zero-order chi connectivity index (χ0) is 27.9. The van der Waals surface area contributed by atoms with Crippen molar-refractivity contribution in [2.24, 2.45) is 0 Å². The average molecular weight is 554 g/mol. The van der Waals surface area contributed by atoms with E-state index in [1.807, 2.05) is 0 Å². The van der Waals surface area contributed by atoms with Crippen LogP contribution < -0.4 is 10.1 Å². The molecule has 12 heteroatoms. The van der Waals surface area contributed by atoms with Gasteiger partial charge in [0.05, 0.1) is 12.9 Å². The molecule has 0 bridgehead atoms. The molecule has 2 rings (SSSR count). The summed E-state index contributed by atoms with van der Waals surface area (Å²) >= 11 is 0. The SMILES string of the molecule is CC(C)(C)[Si](C)(C)OCC#CCOc1ccc(C(=O)NC[C@@H](C(=O)O)N2CCN(S(C)(=O)=O)CC2)cc1.